The van der Waals surface area contributed by atoms with Crippen LogP contribution in [-0.2, 0) is 10.8 Å². The summed E-state index contributed by atoms with van der Waals surface area (Å²) in [5.41, 5.74) is 21.5. The highest BCUT2D eigenvalue weighted by Crippen LogP contribution is 2.59. The van der Waals surface area contributed by atoms with Crippen LogP contribution in [0.1, 0.15) is 86.5 Å². The highest BCUT2D eigenvalue weighted by atomic mass is 14.7. The number of aromatic nitrogens is 2. The lowest BCUT2D eigenvalue weighted by Crippen LogP contribution is -2.28. The summed E-state index contributed by atoms with van der Waals surface area (Å²) >= 11 is 0. The zero-order chi connectivity index (χ0) is 40.8. The molecule has 4 aliphatic rings. The number of fused-ring (bicyclic) bond motifs is 12. The number of hydrogen-bond acceptors (Lipinski definition) is 2. The quantitative estimate of drug-likeness (QED) is 0.166. The van der Waals surface area contributed by atoms with Gasteiger partial charge in [0.15, 0.2) is 0 Å². The molecule has 0 N–H and O–H groups in total. The summed E-state index contributed by atoms with van der Waals surface area (Å²) in [4.78, 5) is 9.44. The van der Waals surface area contributed by atoms with E-state index in [-0.39, 0.29) is 10.8 Å². The second-order valence-corrected chi connectivity index (χ2v) is 18.6. The predicted molar refractivity (Wildman–Crippen MR) is 257 cm³/mol. The molecule has 13 rings (SSSR count). The van der Waals surface area contributed by atoms with Gasteiger partial charge in [-0.15, -0.1) is 0 Å². The molecule has 2 saturated carbocycles. The first-order valence-corrected chi connectivity index (χ1v) is 23.1. The summed E-state index contributed by atoms with van der Waals surface area (Å²) in [5, 5.41) is 5.18. The monoisotopic (exact) mass is 796 g/mol. The molecular formula is C60H48N2. The lowest BCUT2D eigenvalue weighted by Gasteiger charge is -2.36. The molecule has 2 aromatic heterocycles. The third kappa shape index (κ3) is 5.22. The molecule has 2 fully saturated rings. The standard InChI is InChI=1S/C60H48N2/c1-9-29-59(30-10-1)52-19-7-5-15-44(52)46-25-22-40(35-54(46)59)57-48-17-3-4-18-49(48)58(41-23-26-47-45-16-6-8-20-53(45)60(55(47)36-41)31-11-2-12-32-60)51-34-39(21-27-50(51)57)56-28-24-43(38-62-56)42-14-13-33-61-37-42/h3-8,13-28,33-38H,1-2,9-12,29-32H2. The first-order valence-electron chi connectivity index (χ1n) is 23.1. The van der Waals surface area contributed by atoms with E-state index >= 15 is 0 Å². The molecule has 298 valence electrons. The van der Waals surface area contributed by atoms with Crippen LogP contribution < -0.4 is 0 Å². The van der Waals surface area contributed by atoms with Crippen LogP contribution in [0.25, 0.3) is 88.4 Å². The van der Waals surface area contributed by atoms with Gasteiger partial charge in [0.1, 0.15) is 0 Å². The van der Waals surface area contributed by atoms with Crippen LogP contribution in [0.2, 0.25) is 0 Å². The summed E-state index contributed by atoms with van der Waals surface area (Å²) in [6.07, 6.45) is 18.4. The van der Waals surface area contributed by atoms with E-state index in [4.69, 9.17) is 4.98 Å². The SMILES string of the molecule is c1cncc(-c2ccc(-c3ccc4c(-c5ccc6c(c5)C5(CCCCC5)c5ccccc5-6)c5ccccc5c(-c5ccc6c(c5)C5(CCCCC5)c5ccccc5-6)c4c3)nc2)c1. The lowest BCUT2D eigenvalue weighted by atomic mass is 9.67. The molecule has 0 saturated heterocycles. The molecule has 0 aliphatic heterocycles. The molecule has 4 aliphatic carbocycles. The Kier molecular flexibility index (Phi) is 8.11. The molecule has 0 atom stereocenters. The number of benzene rings is 7. The van der Waals surface area contributed by atoms with Gasteiger partial charge in [0.2, 0.25) is 0 Å². The molecule has 2 heteroatoms. The number of nitrogens with zero attached hydrogens (tertiary/aromatic N) is 2. The average molecular weight is 797 g/mol. The Hall–Kier alpha value is -6.64. The Morgan fingerprint density at radius 2 is 0.839 bits per heavy atom. The Bertz CT molecular complexity index is 3240. The van der Waals surface area contributed by atoms with Gasteiger partial charge >= 0.3 is 0 Å². The molecule has 0 amide bonds. The van der Waals surface area contributed by atoms with Crippen molar-refractivity contribution in [2.45, 2.75) is 75.0 Å². The van der Waals surface area contributed by atoms with Crippen LogP contribution in [0.4, 0.5) is 0 Å². The highest BCUT2D eigenvalue weighted by Gasteiger charge is 2.45. The molecule has 0 radical (unpaired) electrons. The van der Waals surface area contributed by atoms with Crippen molar-refractivity contribution in [3.63, 3.8) is 0 Å². The third-order valence-electron chi connectivity index (χ3n) is 15.6. The van der Waals surface area contributed by atoms with Crippen molar-refractivity contribution in [2.75, 3.05) is 0 Å². The number of hydrogen-bond donors (Lipinski definition) is 0. The molecule has 9 aromatic rings. The van der Waals surface area contributed by atoms with Gasteiger partial charge in [-0.1, -0.05) is 160 Å². The van der Waals surface area contributed by atoms with E-state index in [9.17, 15) is 0 Å². The Balaban J connectivity index is 1.06. The van der Waals surface area contributed by atoms with Crippen molar-refractivity contribution >= 4 is 21.5 Å². The summed E-state index contributed by atoms with van der Waals surface area (Å²) in [6, 6.07) is 58.3. The van der Waals surface area contributed by atoms with Gasteiger partial charge in [-0.05, 0) is 144 Å². The van der Waals surface area contributed by atoms with Crippen LogP contribution in [0.5, 0.6) is 0 Å². The zero-order valence-corrected chi connectivity index (χ0v) is 35.1. The molecule has 2 spiro atoms. The van der Waals surface area contributed by atoms with Gasteiger partial charge < -0.3 is 0 Å². The first-order chi connectivity index (χ1) is 30.7. The van der Waals surface area contributed by atoms with E-state index in [1.54, 1.807) is 0 Å². The molecule has 2 nitrogen and oxygen atoms in total. The topological polar surface area (TPSA) is 25.8 Å². The molecule has 62 heavy (non-hydrogen) atoms. The van der Waals surface area contributed by atoms with Crippen LogP contribution in [0.15, 0.2) is 170 Å². The van der Waals surface area contributed by atoms with E-state index in [0.29, 0.717) is 0 Å². The van der Waals surface area contributed by atoms with Gasteiger partial charge in [-0.3, -0.25) is 9.97 Å². The maximum atomic E-state index is 5.08. The molecule has 2 heterocycles. The summed E-state index contributed by atoms with van der Waals surface area (Å²) < 4.78 is 0. The average Bonchev–Trinajstić information content (AvgIpc) is 3.76. The van der Waals surface area contributed by atoms with E-state index in [1.165, 1.54) is 153 Å². The maximum Gasteiger partial charge on any atom is 0.0702 e. The van der Waals surface area contributed by atoms with Gasteiger partial charge in [0.05, 0.1) is 5.69 Å². The second-order valence-electron chi connectivity index (χ2n) is 18.6. The van der Waals surface area contributed by atoms with Crippen molar-refractivity contribution in [3.8, 4) is 66.9 Å². The summed E-state index contributed by atoms with van der Waals surface area (Å²) in [7, 11) is 0. The van der Waals surface area contributed by atoms with E-state index in [2.05, 4.69) is 151 Å². The fourth-order valence-electron chi connectivity index (χ4n) is 12.8. The lowest BCUT2D eigenvalue weighted by molar-refractivity contribution is 0.353. The van der Waals surface area contributed by atoms with Crippen LogP contribution in [-0.4, -0.2) is 9.97 Å². The van der Waals surface area contributed by atoms with E-state index < -0.39 is 0 Å². The van der Waals surface area contributed by atoms with Crippen molar-refractivity contribution in [1.29, 1.82) is 0 Å². The first kappa shape index (κ1) is 36.1. The molecule has 0 unspecified atom stereocenters. The van der Waals surface area contributed by atoms with Crippen molar-refractivity contribution in [2.24, 2.45) is 0 Å². The Labute approximate surface area is 364 Å². The van der Waals surface area contributed by atoms with Gasteiger partial charge in [0.25, 0.3) is 0 Å². The normalized spacial score (nSPS) is 16.6. The number of pyridine rings is 2. The maximum absolute atomic E-state index is 5.08. The van der Waals surface area contributed by atoms with Gasteiger partial charge in [-0.25, -0.2) is 0 Å². The predicted octanol–water partition coefficient (Wildman–Crippen LogP) is 15.9. The highest BCUT2D eigenvalue weighted by molar-refractivity contribution is 6.22. The zero-order valence-electron chi connectivity index (χ0n) is 35.1. The minimum atomic E-state index is 0.0773. The third-order valence-corrected chi connectivity index (χ3v) is 15.6. The minimum Gasteiger partial charge on any atom is -0.264 e. The Morgan fingerprint density at radius 3 is 1.40 bits per heavy atom. The largest absolute Gasteiger partial charge is 0.264 e. The Morgan fingerprint density at radius 1 is 0.339 bits per heavy atom. The van der Waals surface area contributed by atoms with Gasteiger partial charge in [0, 0.05) is 46.1 Å². The molecule has 7 aromatic carbocycles. The van der Waals surface area contributed by atoms with E-state index in [1.807, 2.05) is 24.7 Å². The summed E-state index contributed by atoms with van der Waals surface area (Å²) in [6.45, 7) is 0. The number of rotatable bonds is 4. The minimum absolute atomic E-state index is 0.0773. The van der Waals surface area contributed by atoms with Crippen molar-refractivity contribution in [3.05, 3.63) is 193 Å². The van der Waals surface area contributed by atoms with Crippen molar-refractivity contribution in [1.82, 2.24) is 9.97 Å². The fraction of sp³-hybridized carbons (Fsp3) is 0.200. The van der Waals surface area contributed by atoms with Crippen LogP contribution in [0.3, 0.4) is 0 Å². The smallest absolute Gasteiger partial charge is 0.0702 e. The molecule has 0 bridgehead atoms. The summed E-state index contributed by atoms with van der Waals surface area (Å²) in [5.74, 6) is 0. The molecular weight excluding hydrogens is 749 g/mol. The van der Waals surface area contributed by atoms with Crippen LogP contribution in [0, 0.1) is 0 Å². The van der Waals surface area contributed by atoms with Gasteiger partial charge in [-0.2, -0.15) is 0 Å². The second kappa shape index (κ2) is 13.9. The van der Waals surface area contributed by atoms with Crippen molar-refractivity contribution < 1.29 is 0 Å². The van der Waals surface area contributed by atoms with E-state index in [0.717, 1.165) is 22.4 Å². The van der Waals surface area contributed by atoms with Crippen LogP contribution >= 0.6 is 0 Å². The fourth-order valence-corrected chi connectivity index (χ4v) is 12.8.